The molecular formula is C10H19ClO. The van der Waals surface area contributed by atoms with Crippen LogP contribution in [0.2, 0.25) is 0 Å². The fraction of sp³-hybridized carbons (Fsp3) is 1.00. The minimum absolute atomic E-state index is 0.808. The predicted octanol–water partition coefficient (Wildman–Crippen LogP) is 3.21. The van der Waals surface area contributed by atoms with E-state index in [1.807, 2.05) is 0 Å². The third kappa shape index (κ3) is 5.84. The van der Waals surface area contributed by atoms with Gasteiger partial charge in [-0.25, -0.2) is 0 Å². The summed E-state index contributed by atoms with van der Waals surface area (Å²) in [6.45, 7) is 1.97. The lowest BCUT2D eigenvalue weighted by Crippen LogP contribution is -1.98. The van der Waals surface area contributed by atoms with E-state index in [0.29, 0.717) is 0 Å². The highest BCUT2D eigenvalue weighted by molar-refractivity contribution is 6.17. The molecule has 72 valence electrons. The van der Waals surface area contributed by atoms with Crippen molar-refractivity contribution in [2.75, 3.05) is 19.1 Å². The summed E-state index contributed by atoms with van der Waals surface area (Å²) in [4.78, 5) is 0. The molecule has 0 amide bonds. The van der Waals surface area contributed by atoms with Crippen LogP contribution < -0.4 is 0 Å². The van der Waals surface area contributed by atoms with E-state index in [0.717, 1.165) is 31.4 Å². The fourth-order valence-electron chi connectivity index (χ4n) is 1.19. The van der Waals surface area contributed by atoms with Crippen molar-refractivity contribution >= 4 is 11.6 Å². The van der Waals surface area contributed by atoms with E-state index in [4.69, 9.17) is 16.3 Å². The highest BCUT2D eigenvalue weighted by Crippen LogP contribution is 2.28. The number of rotatable bonds is 8. The summed E-state index contributed by atoms with van der Waals surface area (Å²) in [7, 11) is 0. The largest absolute Gasteiger partial charge is 0.381 e. The van der Waals surface area contributed by atoms with Gasteiger partial charge in [0.2, 0.25) is 0 Å². The molecule has 0 N–H and O–H groups in total. The lowest BCUT2D eigenvalue weighted by Gasteiger charge is -2.01. The molecule has 0 radical (unpaired) electrons. The summed E-state index contributed by atoms with van der Waals surface area (Å²) in [5.74, 6) is 1.72. The Hall–Kier alpha value is 0.250. The highest BCUT2D eigenvalue weighted by atomic mass is 35.5. The van der Waals surface area contributed by atoms with Gasteiger partial charge in [-0.1, -0.05) is 12.8 Å². The van der Waals surface area contributed by atoms with Crippen molar-refractivity contribution in [1.29, 1.82) is 0 Å². The summed E-state index contributed by atoms with van der Waals surface area (Å²) in [5, 5.41) is 0. The first-order chi connectivity index (χ1) is 5.93. The first-order valence-corrected chi connectivity index (χ1v) is 5.60. The molecule has 1 saturated carbocycles. The zero-order valence-electron chi connectivity index (χ0n) is 7.73. The van der Waals surface area contributed by atoms with Gasteiger partial charge in [-0.05, 0) is 31.6 Å². The van der Waals surface area contributed by atoms with E-state index in [2.05, 4.69) is 0 Å². The molecule has 1 rings (SSSR count). The van der Waals surface area contributed by atoms with E-state index in [1.165, 1.54) is 32.1 Å². The first-order valence-electron chi connectivity index (χ1n) is 5.07. The summed E-state index contributed by atoms with van der Waals surface area (Å²) in [6, 6.07) is 0. The van der Waals surface area contributed by atoms with Gasteiger partial charge in [0, 0.05) is 19.1 Å². The molecule has 0 aromatic carbocycles. The van der Waals surface area contributed by atoms with Crippen molar-refractivity contribution in [3.8, 4) is 0 Å². The summed E-state index contributed by atoms with van der Waals surface area (Å²) in [5.41, 5.74) is 0. The Morgan fingerprint density at radius 2 is 1.83 bits per heavy atom. The third-order valence-corrected chi connectivity index (χ3v) is 2.49. The molecule has 0 spiro atoms. The van der Waals surface area contributed by atoms with Crippen molar-refractivity contribution in [3.05, 3.63) is 0 Å². The lowest BCUT2D eigenvalue weighted by atomic mass is 10.2. The molecule has 1 aliphatic rings. The molecule has 1 aliphatic carbocycles. The lowest BCUT2D eigenvalue weighted by molar-refractivity contribution is 0.120. The molecule has 0 aromatic rings. The van der Waals surface area contributed by atoms with Crippen LogP contribution in [0.1, 0.15) is 38.5 Å². The van der Waals surface area contributed by atoms with Crippen molar-refractivity contribution in [3.63, 3.8) is 0 Å². The molecular weight excluding hydrogens is 172 g/mol. The van der Waals surface area contributed by atoms with Crippen molar-refractivity contribution in [2.24, 2.45) is 5.92 Å². The number of hydrogen-bond donors (Lipinski definition) is 0. The third-order valence-electron chi connectivity index (χ3n) is 2.22. The molecule has 0 saturated heterocycles. The summed E-state index contributed by atoms with van der Waals surface area (Å²) in [6.07, 6.45) is 7.69. The molecule has 0 atom stereocenters. The second-order valence-electron chi connectivity index (χ2n) is 3.62. The first kappa shape index (κ1) is 10.3. The molecule has 0 bridgehead atoms. The summed E-state index contributed by atoms with van der Waals surface area (Å²) >= 11 is 5.56. The van der Waals surface area contributed by atoms with Gasteiger partial charge in [-0.15, -0.1) is 11.6 Å². The second kappa shape index (κ2) is 6.73. The van der Waals surface area contributed by atoms with Crippen LogP contribution in [0.4, 0.5) is 0 Å². The van der Waals surface area contributed by atoms with Crippen molar-refractivity contribution < 1.29 is 4.74 Å². The number of halogens is 1. The van der Waals surface area contributed by atoms with E-state index in [9.17, 15) is 0 Å². The number of ether oxygens (including phenoxy) is 1. The molecule has 0 aliphatic heterocycles. The monoisotopic (exact) mass is 190 g/mol. The smallest absolute Gasteiger partial charge is 0.0494 e. The Balaban J connectivity index is 1.65. The van der Waals surface area contributed by atoms with Gasteiger partial charge in [0.15, 0.2) is 0 Å². The quantitative estimate of drug-likeness (QED) is 0.422. The zero-order valence-corrected chi connectivity index (χ0v) is 8.48. The number of hydrogen-bond acceptors (Lipinski definition) is 1. The van der Waals surface area contributed by atoms with Crippen molar-refractivity contribution in [1.82, 2.24) is 0 Å². The maximum Gasteiger partial charge on any atom is 0.0494 e. The fourth-order valence-corrected chi connectivity index (χ4v) is 1.38. The maximum absolute atomic E-state index is 5.56. The van der Waals surface area contributed by atoms with E-state index < -0.39 is 0 Å². The Morgan fingerprint density at radius 3 is 2.50 bits per heavy atom. The van der Waals surface area contributed by atoms with E-state index >= 15 is 0 Å². The molecule has 0 unspecified atom stereocenters. The van der Waals surface area contributed by atoms with E-state index in [-0.39, 0.29) is 0 Å². The van der Waals surface area contributed by atoms with Crippen LogP contribution in [0, 0.1) is 5.92 Å². The maximum atomic E-state index is 5.56. The molecule has 0 aromatic heterocycles. The second-order valence-corrected chi connectivity index (χ2v) is 4.00. The van der Waals surface area contributed by atoms with Crippen LogP contribution in [-0.4, -0.2) is 19.1 Å². The average molecular weight is 191 g/mol. The highest BCUT2D eigenvalue weighted by Gasteiger charge is 2.20. The van der Waals surface area contributed by atoms with Crippen LogP contribution in [0.3, 0.4) is 0 Å². The summed E-state index contributed by atoms with van der Waals surface area (Å²) < 4.78 is 5.50. The van der Waals surface area contributed by atoms with Crippen LogP contribution in [0.15, 0.2) is 0 Å². The Morgan fingerprint density at radius 1 is 1.08 bits per heavy atom. The van der Waals surface area contributed by atoms with Gasteiger partial charge in [-0.2, -0.15) is 0 Å². The van der Waals surface area contributed by atoms with Gasteiger partial charge in [-0.3, -0.25) is 0 Å². The standard InChI is InChI=1S/C10H19ClO/c11-7-3-1-2-4-8-12-9-10-5-6-10/h10H,1-9H2. The van der Waals surface area contributed by atoms with Gasteiger partial charge in [0.25, 0.3) is 0 Å². The van der Waals surface area contributed by atoms with E-state index in [1.54, 1.807) is 0 Å². The van der Waals surface area contributed by atoms with Gasteiger partial charge < -0.3 is 4.74 Å². The molecule has 2 heteroatoms. The predicted molar refractivity (Wildman–Crippen MR) is 52.7 cm³/mol. The molecule has 1 nitrogen and oxygen atoms in total. The minimum atomic E-state index is 0.808. The average Bonchev–Trinajstić information content (AvgIpc) is 2.87. The Kier molecular flexibility index (Phi) is 5.80. The van der Waals surface area contributed by atoms with Crippen LogP contribution in [-0.2, 0) is 4.74 Å². The molecule has 12 heavy (non-hydrogen) atoms. The normalized spacial score (nSPS) is 16.8. The SMILES string of the molecule is ClCCCCCCOCC1CC1. The van der Waals surface area contributed by atoms with Crippen LogP contribution >= 0.6 is 11.6 Å². The van der Waals surface area contributed by atoms with Gasteiger partial charge in [0.1, 0.15) is 0 Å². The Labute approximate surface area is 80.4 Å². The van der Waals surface area contributed by atoms with Gasteiger partial charge >= 0.3 is 0 Å². The topological polar surface area (TPSA) is 9.23 Å². The van der Waals surface area contributed by atoms with Crippen molar-refractivity contribution in [2.45, 2.75) is 38.5 Å². The zero-order chi connectivity index (χ0) is 8.65. The minimum Gasteiger partial charge on any atom is -0.381 e. The Bertz CT molecular complexity index is 102. The van der Waals surface area contributed by atoms with Crippen LogP contribution in [0.25, 0.3) is 0 Å². The molecule has 0 heterocycles. The van der Waals surface area contributed by atoms with Gasteiger partial charge in [0.05, 0.1) is 0 Å². The van der Waals surface area contributed by atoms with Crippen LogP contribution in [0.5, 0.6) is 0 Å². The molecule has 1 fully saturated rings. The number of alkyl halides is 1. The number of unbranched alkanes of at least 4 members (excludes halogenated alkanes) is 3.